The van der Waals surface area contributed by atoms with Crippen molar-refractivity contribution in [2.24, 2.45) is 5.41 Å². The van der Waals surface area contributed by atoms with Crippen molar-refractivity contribution in [2.75, 3.05) is 0 Å². The summed E-state index contributed by atoms with van der Waals surface area (Å²) in [6.07, 6.45) is 7.60. The van der Waals surface area contributed by atoms with Gasteiger partial charge in [0.15, 0.2) is 0 Å². The highest BCUT2D eigenvalue weighted by molar-refractivity contribution is 7.12. The highest BCUT2D eigenvalue weighted by Gasteiger charge is 2.28. The molecule has 0 saturated heterocycles. The zero-order chi connectivity index (χ0) is 11.8. The first-order chi connectivity index (χ1) is 7.53. The van der Waals surface area contributed by atoms with Gasteiger partial charge in [0.2, 0.25) is 0 Å². The molecule has 0 aromatic carbocycles. The standard InChI is InChI=1S/C14H20OS/c1-10-12-9-14(2,3)7-6-11(12)13(16-10)5-4-8-15/h4,8,15H,5-7,9H2,1-3H3/b8-4+. The lowest BCUT2D eigenvalue weighted by atomic mass is 9.74. The Kier molecular flexibility index (Phi) is 3.11. The summed E-state index contributed by atoms with van der Waals surface area (Å²) in [5, 5.41) is 8.75. The van der Waals surface area contributed by atoms with Crippen LogP contribution in [0.15, 0.2) is 12.3 Å². The monoisotopic (exact) mass is 236 g/mol. The van der Waals surface area contributed by atoms with E-state index in [2.05, 4.69) is 20.8 Å². The van der Waals surface area contributed by atoms with Crippen molar-refractivity contribution >= 4 is 11.3 Å². The average Bonchev–Trinajstić information content (AvgIpc) is 2.51. The van der Waals surface area contributed by atoms with Crippen LogP contribution in [-0.4, -0.2) is 5.11 Å². The van der Waals surface area contributed by atoms with Gasteiger partial charge in [0, 0.05) is 16.2 Å². The van der Waals surface area contributed by atoms with Crippen molar-refractivity contribution in [2.45, 2.75) is 46.5 Å². The molecule has 2 rings (SSSR count). The molecule has 88 valence electrons. The second-order valence-electron chi connectivity index (χ2n) is 5.47. The second kappa shape index (κ2) is 4.25. The summed E-state index contributed by atoms with van der Waals surface area (Å²) in [4.78, 5) is 2.93. The van der Waals surface area contributed by atoms with Gasteiger partial charge in [-0.15, -0.1) is 11.3 Å². The highest BCUT2D eigenvalue weighted by atomic mass is 32.1. The molecule has 1 aromatic rings. The molecule has 0 fully saturated rings. The van der Waals surface area contributed by atoms with Gasteiger partial charge in [-0.25, -0.2) is 0 Å². The number of aliphatic hydroxyl groups excluding tert-OH is 1. The third-order valence-corrected chi connectivity index (χ3v) is 4.73. The van der Waals surface area contributed by atoms with Crippen LogP contribution in [0.1, 0.15) is 41.1 Å². The molecule has 0 unspecified atom stereocenters. The molecule has 2 heteroatoms. The number of aryl methyl sites for hydroxylation is 1. The van der Waals surface area contributed by atoms with Gasteiger partial charge in [0.1, 0.15) is 0 Å². The third kappa shape index (κ3) is 2.17. The van der Waals surface area contributed by atoms with Crippen LogP contribution in [0.2, 0.25) is 0 Å². The highest BCUT2D eigenvalue weighted by Crippen LogP contribution is 2.41. The molecule has 1 nitrogen and oxygen atoms in total. The summed E-state index contributed by atoms with van der Waals surface area (Å²) in [7, 11) is 0. The minimum Gasteiger partial charge on any atom is -0.516 e. The van der Waals surface area contributed by atoms with Crippen molar-refractivity contribution < 1.29 is 5.11 Å². The number of hydrogen-bond donors (Lipinski definition) is 1. The van der Waals surface area contributed by atoms with Gasteiger partial charge >= 0.3 is 0 Å². The van der Waals surface area contributed by atoms with E-state index in [0.29, 0.717) is 5.41 Å². The van der Waals surface area contributed by atoms with Gasteiger partial charge in [0.25, 0.3) is 0 Å². The van der Waals surface area contributed by atoms with E-state index in [1.807, 2.05) is 17.4 Å². The number of hydrogen-bond acceptors (Lipinski definition) is 2. The van der Waals surface area contributed by atoms with Crippen LogP contribution in [0, 0.1) is 12.3 Å². The maximum absolute atomic E-state index is 8.75. The summed E-state index contributed by atoms with van der Waals surface area (Å²) in [5.74, 6) is 0. The van der Waals surface area contributed by atoms with Crippen molar-refractivity contribution in [1.82, 2.24) is 0 Å². The minimum atomic E-state index is 0.461. The summed E-state index contributed by atoms with van der Waals surface area (Å²) >= 11 is 1.91. The Labute approximate surface area is 102 Å². The normalized spacial score (nSPS) is 18.9. The molecule has 0 saturated carbocycles. The number of allylic oxidation sites excluding steroid dienone is 1. The molecule has 16 heavy (non-hydrogen) atoms. The maximum Gasteiger partial charge on any atom is 0.0755 e. The second-order valence-corrected chi connectivity index (χ2v) is 6.78. The number of fused-ring (bicyclic) bond motifs is 1. The van der Waals surface area contributed by atoms with E-state index in [9.17, 15) is 0 Å². The number of aliphatic hydroxyl groups is 1. The Morgan fingerprint density at radius 2 is 2.12 bits per heavy atom. The molecule has 1 aliphatic carbocycles. The first-order valence-corrected chi connectivity index (χ1v) is 6.74. The van der Waals surface area contributed by atoms with Crippen LogP contribution in [-0.2, 0) is 19.3 Å². The van der Waals surface area contributed by atoms with Crippen LogP contribution < -0.4 is 0 Å². The third-order valence-electron chi connectivity index (χ3n) is 3.52. The molecule has 0 atom stereocenters. The quantitative estimate of drug-likeness (QED) is 0.764. The fourth-order valence-electron chi connectivity index (χ4n) is 2.57. The van der Waals surface area contributed by atoms with Crippen molar-refractivity contribution in [3.8, 4) is 0 Å². The molecule has 1 aromatic heterocycles. The molecule has 0 amide bonds. The molecular weight excluding hydrogens is 216 g/mol. The predicted molar refractivity (Wildman–Crippen MR) is 70.3 cm³/mol. The lowest BCUT2D eigenvalue weighted by Crippen LogP contribution is -2.22. The van der Waals surface area contributed by atoms with Crippen LogP contribution >= 0.6 is 11.3 Å². The van der Waals surface area contributed by atoms with E-state index in [-0.39, 0.29) is 0 Å². The molecule has 0 radical (unpaired) electrons. The number of rotatable bonds is 2. The Morgan fingerprint density at radius 1 is 1.38 bits per heavy atom. The van der Waals surface area contributed by atoms with Crippen molar-refractivity contribution in [3.63, 3.8) is 0 Å². The Hall–Kier alpha value is -0.760. The molecule has 0 spiro atoms. The van der Waals surface area contributed by atoms with Crippen LogP contribution in [0.3, 0.4) is 0 Å². The van der Waals surface area contributed by atoms with Gasteiger partial charge in [0.05, 0.1) is 6.26 Å². The molecule has 1 aliphatic rings. The predicted octanol–water partition coefficient (Wildman–Crippen LogP) is 4.19. The van der Waals surface area contributed by atoms with Gasteiger partial charge in [-0.2, -0.15) is 0 Å². The maximum atomic E-state index is 8.75. The van der Waals surface area contributed by atoms with Gasteiger partial charge in [-0.3, -0.25) is 0 Å². The van der Waals surface area contributed by atoms with Crippen molar-refractivity contribution in [3.05, 3.63) is 33.2 Å². The molecule has 1 N–H and O–H groups in total. The first kappa shape index (κ1) is 11.7. The van der Waals surface area contributed by atoms with E-state index in [4.69, 9.17) is 5.11 Å². The summed E-state index contributed by atoms with van der Waals surface area (Å²) in [5.41, 5.74) is 3.62. The molecule has 0 aliphatic heterocycles. The zero-order valence-electron chi connectivity index (χ0n) is 10.3. The van der Waals surface area contributed by atoms with Gasteiger partial charge in [-0.05, 0) is 48.8 Å². The fraction of sp³-hybridized carbons (Fsp3) is 0.571. The number of thiophene rings is 1. The summed E-state index contributed by atoms with van der Waals surface area (Å²) in [6.45, 7) is 6.96. The lowest BCUT2D eigenvalue weighted by molar-refractivity contribution is 0.315. The molecule has 0 bridgehead atoms. The Morgan fingerprint density at radius 3 is 2.81 bits per heavy atom. The summed E-state index contributed by atoms with van der Waals surface area (Å²) in [6, 6.07) is 0. The summed E-state index contributed by atoms with van der Waals surface area (Å²) < 4.78 is 0. The molecular formula is C14H20OS. The average molecular weight is 236 g/mol. The Balaban J connectivity index is 2.33. The van der Waals surface area contributed by atoms with E-state index < -0.39 is 0 Å². The zero-order valence-corrected chi connectivity index (χ0v) is 11.2. The fourth-order valence-corrected chi connectivity index (χ4v) is 3.78. The van der Waals surface area contributed by atoms with Gasteiger partial charge < -0.3 is 5.11 Å². The smallest absolute Gasteiger partial charge is 0.0755 e. The van der Waals surface area contributed by atoms with Crippen LogP contribution in [0.25, 0.3) is 0 Å². The van der Waals surface area contributed by atoms with Crippen LogP contribution in [0.5, 0.6) is 0 Å². The lowest BCUT2D eigenvalue weighted by Gasteiger charge is -2.30. The molecule has 1 heterocycles. The minimum absolute atomic E-state index is 0.461. The van der Waals surface area contributed by atoms with Crippen LogP contribution in [0.4, 0.5) is 0 Å². The van der Waals surface area contributed by atoms with Gasteiger partial charge in [-0.1, -0.05) is 13.8 Å². The van der Waals surface area contributed by atoms with Crippen molar-refractivity contribution in [1.29, 1.82) is 0 Å². The topological polar surface area (TPSA) is 20.2 Å². The largest absolute Gasteiger partial charge is 0.516 e. The first-order valence-electron chi connectivity index (χ1n) is 5.93. The SMILES string of the molecule is Cc1sc(C/C=C/O)c2c1CC(C)(C)CC2. The van der Waals surface area contributed by atoms with E-state index >= 15 is 0 Å². The van der Waals surface area contributed by atoms with E-state index in [0.717, 1.165) is 12.7 Å². The van der Waals surface area contributed by atoms with E-state index in [1.165, 1.54) is 29.0 Å². The Bertz CT molecular complexity index is 413. The van der Waals surface area contributed by atoms with E-state index in [1.54, 1.807) is 11.1 Å².